The zero-order valence-electron chi connectivity index (χ0n) is 9.52. The minimum atomic E-state index is 0.398. The first-order chi connectivity index (χ1) is 6.54. The zero-order chi connectivity index (χ0) is 10.3. The predicted molar refractivity (Wildman–Crippen MR) is 62.6 cm³/mol. The third kappa shape index (κ3) is 1.52. The van der Waals surface area contributed by atoms with Gasteiger partial charge in [0.25, 0.3) is 0 Å². The van der Waals surface area contributed by atoms with Gasteiger partial charge in [0.05, 0.1) is 0 Å². The zero-order valence-corrected chi connectivity index (χ0v) is 10.3. The Hall–Kier alpha value is 0.0300. The lowest BCUT2D eigenvalue weighted by atomic mass is 9.58. The SMILES string of the molecule is C[C@@H]1CC=C2C[C@H](Cl)CC[C@@]2(C)[C@H]1C. The molecular formula is C13H21Cl. The minimum absolute atomic E-state index is 0.398. The average molecular weight is 213 g/mol. The number of fused-ring (bicyclic) bond motifs is 1. The molecule has 0 nitrogen and oxygen atoms in total. The van der Waals surface area contributed by atoms with Crippen molar-refractivity contribution < 1.29 is 0 Å². The molecule has 2 rings (SSSR count). The average Bonchev–Trinajstić information content (AvgIpc) is 2.16. The molecule has 2 aliphatic rings. The van der Waals surface area contributed by atoms with Crippen LogP contribution < -0.4 is 0 Å². The van der Waals surface area contributed by atoms with E-state index in [1.54, 1.807) is 5.57 Å². The Balaban J connectivity index is 2.28. The molecule has 0 aromatic carbocycles. The van der Waals surface area contributed by atoms with Crippen LogP contribution in [0.3, 0.4) is 0 Å². The van der Waals surface area contributed by atoms with Crippen LogP contribution in [0, 0.1) is 17.3 Å². The van der Waals surface area contributed by atoms with Crippen molar-refractivity contribution in [3.05, 3.63) is 11.6 Å². The predicted octanol–water partition coefficient (Wildman–Crippen LogP) is 4.39. The number of hydrogen-bond acceptors (Lipinski definition) is 0. The fraction of sp³-hybridized carbons (Fsp3) is 0.846. The first kappa shape index (κ1) is 10.5. The third-order valence-electron chi connectivity index (χ3n) is 4.75. The fourth-order valence-corrected chi connectivity index (χ4v) is 3.46. The monoisotopic (exact) mass is 212 g/mol. The summed E-state index contributed by atoms with van der Waals surface area (Å²) in [5.41, 5.74) is 2.11. The maximum atomic E-state index is 6.24. The number of halogens is 1. The first-order valence-corrected chi connectivity index (χ1v) is 6.31. The highest BCUT2D eigenvalue weighted by molar-refractivity contribution is 6.20. The fourth-order valence-electron chi connectivity index (χ4n) is 3.19. The van der Waals surface area contributed by atoms with Crippen LogP contribution >= 0.6 is 11.6 Å². The lowest BCUT2D eigenvalue weighted by molar-refractivity contribution is 0.134. The van der Waals surface area contributed by atoms with Crippen molar-refractivity contribution >= 4 is 11.6 Å². The summed E-state index contributed by atoms with van der Waals surface area (Å²) in [4.78, 5) is 0. The van der Waals surface area contributed by atoms with Crippen molar-refractivity contribution in [2.75, 3.05) is 0 Å². The van der Waals surface area contributed by atoms with Gasteiger partial charge in [0.2, 0.25) is 0 Å². The van der Waals surface area contributed by atoms with E-state index in [2.05, 4.69) is 26.8 Å². The lowest BCUT2D eigenvalue weighted by Crippen LogP contribution is -2.39. The van der Waals surface area contributed by atoms with Crippen LogP contribution in [0.2, 0.25) is 0 Å². The van der Waals surface area contributed by atoms with Gasteiger partial charge in [-0.25, -0.2) is 0 Å². The Bertz CT molecular complexity index is 256. The van der Waals surface area contributed by atoms with Crippen LogP contribution in [0.15, 0.2) is 11.6 Å². The number of alkyl halides is 1. The summed E-state index contributed by atoms with van der Waals surface area (Å²) in [6.45, 7) is 7.25. The molecule has 4 atom stereocenters. The molecule has 1 fully saturated rings. The van der Waals surface area contributed by atoms with Crippen molar-refractivity contribution in [1.29, 1.82) is 0 Å². The van der Waals surface area contributed by atoms with Crippen molar-refractivity contribution in [1.82, 2.24) is 0 Å². The van der Waals surface area contributed by atoms with Gasteiger partial charge in [0.1, 0.15) is 0 Å². The van der Waals surface area contributed by atoms with E-state index >= 15 is 0 Å². The molecule has 0 heterocycles. The number of allylic oxidation sites excluding steroid dienone is 2. The van der Waals surface area contributed by atoms with E-state index in [1.165, 1.54) is 19.3 Å². The highest BCUT2D eigenvalue weighted by Crippen LogP contribution is 2.52. The molecule has 0 spiro atoms. The molecule has 0 bridgehead atoms. The van der Waals surface area contributed by atoms with Gasteiger partial charge in [0.15, 0.2) is 0 Å². The highest BCUT2D eigenvalue weighted by atomic mass is 35.5. The normalized spacial score (nSPS) is 48.3. The Kier molecular flexibility index (Phi) is 2.68. The van der Waals surface area contributed by atoms with E-state index in [9.17, 15) is 0 Å². The molecule has 2 aliphatic carbocycles. The lowest BCUT2D eigenvalue weighted by Gasteiger charge is -2.48. The largest absolute Gasteiger partial charge is 0.123 e. The summed E-state index contributed by atoms with van der Waals surface area (Å²) in [6.07, 6.45) is 7.36. The Morgan fingerprint density at radius 1 is 1.43 bits per heavy atom. The smallest absolute Gasteiger partial charge is 0.0373 e. The molecule has 1 saturated carbocycles. The molecule has 0 aliphatic heterocycles. The van der Waals surface area contributed by atoms with Gasteiger partial charge in [-0.2, -0.15) is 0 Å². The Labute approximate surface area is 92.7 Å². The Morgan fingerprint density at radius 2 is 2.14 bits per heavy atom. The second kappa shape index (κ2) is 3.56. The summed E-state index contributed by atoms with van der Waals surface area (Å²) in [5, 5.41) is 0.398. The number of rotatable bonds is 0. The Morgan fingerprint density at radius 3 is 2.86 bits per heavy atom. The van der Waals surface area contributed by atoms with Crippen LogP contribution in [0.25, 0.3) is 0 Å². The maximum absolute atomic E-state index is 6.24. The van der Waals surface area contributed by atoms with Gasteiger partial charge in [0, 0.05) is 5.38 Å². The van der Waals surface area contributed by atoms with Gasteiger partial charge >= 0.3 is 0 Å². The topological polar surface area (TPSA) is 0 Å². The van der Waals surface area contributed by atoms with E-state index < -0.39 is 0 Å². The summed E-state index contributed by atoms with van der Waals surface area (Å²) >= 11 is 6.24. The maximum Gasteiger partial charge on any atom is 0.0373 e. The summed E-state index contributed by atoms with van der Waals surface area (Å²) in [6, 6.07) is 0. The molecule has 0 unspecified atom stereocenters. The second-order valence-electron chi connectivity index (χ2n) is 5.49. The van der Waals surface area contributed by atoms with Crippen LogP contribution in [0.4, 0.5) is 0 Å². The summed E-state index contributed by atoms with van der Waals surface area (Å²) < 4.78 is 0. The molecule has 0 aromatic heterocycles. The van der Waals surface area contributed by atoms with Crippen LogP contribution in [-0.4, -0.2) is 5.38 Å². The van der Waals surface area contributed by atoms with Gasteiger partial charge in [-0.15, -0.1) is 11.6 Å². The van der Waals surface area contributed by atoms with Crippen LogP contribution in [-0.2, 0) is 0 Å². The van der Waals surface area contributed by atoms with E-state index in [0.29, 0.717) is 10.8 Å². The van der Waals surface area contributed by atoms with E-state index in [-0.39, 0.29) is 0 Å². The quantitative estimate of drug-likeness (QED) is 0.413. The summed E-state index contributed by atoms with van der Waals surface area (Å²) in [7, 11) is 0. The van der Waals surface area contributed by atoms with Crippen molar-refractivity contribution in [2.45, 2.75) is 51.8 Å². The molecule has 0 aromatic rings. The molecular weight excluding hydrogens is 192 g/mol. The summed E-state index contributed by atoms with van der Waals surface area (Å²) in [5.74, 6) is 1.67. The third-order valence-corrected chi connectivity index (χ3v) is 5.12. The first-order valence-electron chi connectivity index (χ1n) is 5.87. The van der Waals surface area contributed by atoms with E-state index in [0.717, 1.165) is 18.3 Å². The van der Waals surface area contributed by atoms with Gasteiger partial charge in [-0.05, 0) is 42.9 Å². The highest BCUT2D eigenvalue weighted by Gasteiger charge is 2.42. The molecule has 0 N–H and O–H groups in total. The van der Waals surface area contributed by atoms with Crippen molar-refractivity contribution in [2.24, 2.45) is 17.3 Å². The van der Waals surface area contributed by atoms with E-state index in [1.807, 2.05) is 0 Å². The molecule has 14 heavy (non-hydrogen) atoms. The molecule has 0 saturated heterocycles. The second-order valence-corrected chi connectivity index (χ2v) is 6.11. The standard InChI is InChI=1S/C13H21Cl/c1-9-4-5-11-8-12(14)6-7-13(11,3)10(9)2/h5,9-10,12H,4,6-8H2,1-3H3/t9-,10+,12-,13+/m1/s1. The molecule has 0 radical (unpaired) electrons. The minimum Gasteiger partial charge on any atom is -0.123 e. The molecule has 1 heteroatoms. The van der Waals surface area contributed by atoms with Crippen LogP contribution in [0.5, 0.6) is 0 Å². The molecule has 80 valence electrons. The van der Waals surface area contributed by atoms with Gasteiger partial charge in [-0.3, -0.25) is 0 Å². The van der Waals surface area contributed by atoms with Gasteiger partial charge in [-0.1, -0.05) is 32.4 Å². The van der Waals surface area contributed by atoms with E-state index in [4.69, 9.17) is 11.6 Å². The van der Waals surface area contributed by atoms with Crippen molar-refractivity contribution in [3.8, 4) is 0 Å². The van der Waals surface area contributed by atoms with Gasteiger partial charge < -0.3 is 0 Å². The number of hydrogen-bond donors (Lipinski definition) is 0. The van der Waals surface area contributed by atoms with Crippen molar-refractivity contribution in [3.63, 3.8) is 0 Å². The van der Waals surface area contributed by atoms with Crippen LogP contribution in [0.1, 0.15) is 46.5 Å². The molecule has 0 amide bonds.